The van der Waals surface area contributed by atoms with Crippen molar-refractivity contribution in [3.05, 3.63) is 23.3 Å². The van der Waals surface area contributed by atoms with Gasteiger partial charge in [0.15, 0.2) is 17.8 Å². The zero-order valence-corrected chi connectivity index (χ0v) is 10.1. The van der Waals surface area contributed by atoms with Gasteiger partial charge in [0.05, 0.1) is 19.6 Å². The van der Waals surface area contributed by atoms with E-state index in [1.807, 2.05) is 0 Å². The number of methoxy groups -OCH3 is 1. The van der Waals surface area contributed by atoms with Gasteiger partial charge in [0.2, 0.25) is 0 Å². The van der Waals surface area contributed by atoms with Crippen molar-refractivity contribution in [2.45, 2.75) is 18.6 Å². The highest BCUT2D eigenvalue weighted by Crippen LogP contribution is 2.33. The molecule has 0 bridgehead atoms. The van der Waals surface area contributed by atoms with E-state index >= 15 is 0 Å². The average Bonchev–Trinajstić information content (AvgIpc) is 2.36. The zero-order chi connectivity index (χ0) is 14.6. The highest BCUT2D eigenvalue weighted by Gasteiger charge is 2.25. The Morgan fingerprint density at radius 3 is 2.53 bits per heavy atom. The van der Waals surface area contributed by atoms with Crippen LogP contribution in [-0.2, 0) is 4.79 Å². The Morgan fingerprint density at radius 1 is 1.42 bits per heavy atom. The Labute approximate surface area is 108 Å². The standard InChI is InChI=1S/C12H14O7/c1-19-10-3-7(6(5-13)2-8(10)14)12(18)9(15)4-11(16)17/h2-3,5,9,12,14-15,18H,4H2,1H3,(H,16,17). The second-order valence-corrected chi connectivity index (χ2v) is 3.88. The molecule has 1 aromatic rings. The number of aliphatic hydroxyl groups is 2. The molecular formula is C12H14O7. The molecule has 0 radical (unpaired) electrons. The van der Waals surface area contributed by atoms with E-state index in [0.29, 0.717) is 6.29 Å². The van der Waals surface area contributed by atoms with Crippen molar-refractivity contribution in [2.24, 2.45) is 0 Å². The van der Waals surface area contributed by atoms with Gasteiger partial charge in [-0.25, -0.2) is 0 Å². The molecule has 0 amide bonds. The van der Waals surface area contributed by atoms with Gasteiger partial charge < -0.3 is 25.2 Å². The van der Waals surface area contributed by atoms with E-state index in [1.54, 1.807) is 0 Å². The third kappa shape index (κ3) is 3.43. The zero-order valence-electron chi connectivity index (χ0n) is 10.1. The maximum atomic E-state index is 10.9. The summed E-state index contributed by atoms with van der Waals surface area (Å²) in [4.78, 5) is 21.3. The van der Waals surface area contributed by atoms with E-state index in [4.69, 9.17) is 9.84 Å². The van der Waals surface area contributed by atoms with Crippen molar-refractivity contribution in [3.63, 3.8) is 0 Å². The summed E-state index contributed by atoms with van der Waals surface area (Å²) in [6, 6.07) is 2.24. The summed E-state index contributed by atoms with van der Waals surface area (Å²) in [6.07, 6.45) is -3.45. The number of phenolic OH excluding ortho intramolecular Hbond substituents is 1. The summed E-state index contributed by atoms with van der Waals surface area (Å²) in [5.41, 5.74) is -0.0753. The molecule has 0 aliphatic carbocycles. The molecule has 2 atom stereocenters. The minimum Gasteiger partial charge on any atom is -0.504 e. The minimum atomic E-state index is -1.58. The van der Waals surface area contributed by atoms with Crippen molar-refractivity contribution in [1.82, 2.24) is 0 Å². The maximum absolute atomic E-state index is 10.9. The van der Waals surface area contributed by atoms with Gasteiger partial charge in [-0.3, -0.25) is 9.59 Å². The third-order valence-electron chi connectivity index (χ3n) is 2.58. The number of rotatable bonds is 6. The SMILES string of the molecule is COc1cc(C(O)C(O)CC(=O)O)c(C=O)cc1O. The van der Waals surface area contributed by atoms with Gasteiger partial charge in [0.1, 0.15) is 6.10 Å². The second-order valence-electron chi connectivity index (χ2n) is 3.88. The number of carboxylic acids is 1. The summed E-state index contributed by atoms with van der Waals surface area (Å²) in [7, 11) is 1.28. The first-order valence-corrected chi connectivity index (χ1v) is 5.34. The molecule has 0 saturated heterocycles. The first-order valence-electron chi connectivity index (χ1n) is 5.34. The predicted octanol–water partition coefficient (Wildman–Crippen LogP) is 0.0823. The fourth-order valence-corrected chi connectivity index (χ4v) is 1.62. The van der Waals surface area contributed by atoms with Crippen LogP contribution in [-0.4, -0.2) is 45.9 Å². The van der Waals surface area contributed by atoms with E-state index in [-0.39, 0.29) is 22.6 Å². The number of aliphatic carboxylic acids is 1. The van der Waals surface area contributed by atoms with Crippen LogP contribution in [0.3, 0.4) is 0 Å². The molecule has 0 aromatic heterocycles. The number of aromatic hydroxyl groups is 1. The lowest BCUT2D eigenvalue weighted by Crippen LogP contribution is -2.22. The number of hydrogen-bond acceptors (Lipinski definition) is 6. The Morgan fingerprint density at radius 2 is 2.05 bits per heavy atom. The van der Waals surface area contributed by atoms with Crippen LogP contribution in [0.2, 0.25) is 0 Å². The van der Waals surface area contributed by atoms with Gasteiger partial charge in [-0.1, -0.05) is 0 Å². The summed E-state index contributed by atoms with van der Waals surface area (Å²) in [6.45, 7) is 0. The summed E-state index contributed by atoms with van der Waals surface area (Å²) in [5, 5.41) is 37.4. The van der Waals surface area contributed by atoms with E-state index in [9.17, 15) is 24.9 Å². The van der Waals surface area contributed by atoms with Crippen molar-refractivity contribution < 1.29 is 34.8 Å². The molecule has 0 saturated carbocycles. The Balaban J connectivity index is 3.16. The molecule has 0 aliphatic rings. The highest BCUT2D eigenvalue weighted by atomic mass is 16.5. The number of carboxylic acid groups (broad SMARTS) is 1. The van der Waals surface area contributed by atoms with Gasteiger partial charge in [-0.15, -0.1) is 0 Å². The molecule has 0 fully saturated rings. The smallest absolute Gasteiger partial charge is 0.306 e. The second kappa shape index (κ2) is 6.17. The van der Waals surface area contributed by atoms with Gasteiger partial charge in [0.25, 0.3) is 0 Å². The van der Waals surface area contributed by atoms with Crippen molar-refractivity contribution in [2.75, 3.05) is 7.11 Å². The van der Waals surface area contributed by atoms with Gasteiger partial charge in [0, 0.05) is 5.56 Å². The monoisotopic (exact) mass is 270 g/mol. The highest BCUT2D eigenvalue weighted by molar-refractivity contribution is 5.79. The topological polar surface area (TPSA) is 124 Å². The van der Waals surface area contributed by atoms with Crippen molar-refractivity contribution in [1.29, 1.82) is 0 Å². The normalized spacial score (nSPS) is 13.6. The van der Waals surface area contributed by atoms with E-state index in [1.165, 1.54) is 13.2 Å². The number of benzene rings is 1. The van der Waals surface area contributed by atoms with Gasteiger partial charge >= 0.3 is 5.97 Å². The number of hydrogen-bond donors (Lipinski definition) is 4. The third-order valence-corrected chi connectivity index (χ3v) is 2.58. The van der Waals surface area contributed by atoms with Gasteiger partial charge in [-0.05, 0) is 17.7 Å². The molecule has 2 unspecified atom stereocenters. The van der Waals surface area contributed by atoms with Crippen LogP contribution in [0.4, 0.5) is 0 Å². The van der Waals surface area contributed by atoms with E-state index < -0.39 is 24.6 Å². The molecule has 4 N–H and O–H groups in total. The van der Waals surface area contributed by atoms with Crippen molar-refractivity contribution >= 4 is 12.3 Å². The molecule has 104 valence electrons. The van der Waals surface area contributed by atoms with E-state index in [2.05, 4.69) is 0 Å². The Bertz CT molecular complexity index is 483. The van der Waals surface area contributed by atoms with Crippen LogP contribution in [0.15, 0.2) is 12.1 Å². The molecule has 1 aromatic carbocycles. The number of carbonyl (C=O) groups is 2. The average molecular weight is 270 g/mol. The molecule has 0 heterocycles. The maximum Gasteiger partial charge on any atom is 0.306 e. The van der Waals surface area contributed by atoms with Crippen LogP contribution in [0, 0.1) is 0 Å². The molecule has 19 heavy (non-hydrogen) atoms. The van der Waals surface area contributed by atoms with Crippen LogP contribution in [0.5, 0.6) is 11.5 Å². The summed E-state index contributed by atoms with van der Waals surface area (Å²) >= 11 is 0. The number of carbonyl (C=O) groups excluding carboxylic acids is 1. The lowest BCUT2D eigenvalue weighted by atomic mass is 9.97. The molecule has 1 rings (SSSR count). The summed E-state index contributed by atoms with van der Waals surface area (Å²) in [5.74, 6) is -1.58. The fraction of sp³-hybridized carbons (Fsp3) is 0.333. The van der Waals surface area contributed by atoms with Crippen molar-refractivity contribution in [3.8, 4) is 11.5 Å². The largest absolute Gasteiger partial charge is 0.504 e. The number of ether oxygens (including phenoxy) is 1. The number of phenols is 1. The number of aldehydes is 1. The van der Waals surface area contributed by atoms with Crippen LogP contribution < -0.4 is 4.74 Å². The lowest BCUT2D eigenvalue weighted by Gasteiger charge is -2.19. The lowest BCUT2D eigenvalue weighted by molar-refractivity contribution is -0.141. The molecule has 7 nitrogen and oxygen atoms in total. The van der Waals surface area contributed by atoms with Crippen LogP contribution in [0.25, 0.3) is 0 Å². The first kappa shape index (κ1) is 14.9. The predicted molar refractivity (Wildman–Crippen MR) is 63.3 cm³/mol. The van der Waals surface area contributed by atoms with Gasteiger partial charge in [-0.2, -0.15) is 0 Å². The molecular weight excluding hydrogens is 256 g/mol. The fourth-order valence-electron chi connectivity index (χ4n) is 1.62. The molecule has 7 heteroatoms. The first-order chi connectivity index (χ1) is 8.90. The quantitative estimate of drug-likeness (QED) is 0.539. The molecule has 0 aliphatic heterocycles. The van der Waals surface area contributed by atoms with Crippen LogP contribution in [0.1, 0.15) is 28.4 Å². The van der Waals surface area contributed by atoms with E-state index in [0.717, 1.165) is 6.07 Å². The van der Waals surface area contributed by atoms with Crippen LogP contribution >= 0.6 is 0 Å². The Hall–Kier alpha value is -2.12. The summed E-state index contributed by atoms with van der Waals surface area (Å²) < 4.78 is 4.82. The Kier molecular flexibility index (Phi) is 4.85. The minimum absolute atomic E-state index is 0.00201. The molecule has 0 spiro atoms. The number of aliphatic hydroxyl groups excluding tert-OH is 2.